The van der Waals surface area contributed by atoms with E-state index in [2.05, 4.69) is 55.7 Å². The van der Waals surface area contributed by atoms with Crippen molar-refractivity contribution in [1.29, 1.82) is 0 Å². The molecule has 4 aromatic carbocycles. The third-order valence-corrected chi connectivity index (χ3v) is 20.8. The van der Waals surface area contributed by atoms with Crippen molar-refractivity contribution in [3.8, 4) is 45.6 Å². The fourth-order valence-electron chi connectivity index (χ4n) is 11.0. The van der Waals surface area contributed by atoms with E-state index >= 15 is 0 Å². The van der Waals surface area contributed by atoms with Crippen molar-refractivity contribution < 1.29 is 56.5 Å². The van der Waals surface area contributed by atoms with Crippen LogP contribution in [0.25, 0.3) is 89.7 Å². The van der Waals surface area contributed by atoms with Gasteiger partial charge in [-0.15, -0.1) is 0 Å². The Labute approximate surface area is 535 Å². The van der Waals surface area contributed by atoms with Crippen molar-refractivity contribution in [3.63, 3.8) is 0 Å². The molecule has 3 unspecified atom stereocenters. The van der Waals surface area contributed by atoms with Crippen molar-refractivity contribution in [2.24, 2.45) is 17.8 Å². The summed E-state index contributed by atoms with van der Waals surface area (Å²) in [6.07, 6.45) is 14.5. The molecule has 5 heterocycles. The number of sulfonamides is 3. The maximum atomic E-state index is 14.5. The predicted molar refractivity (Wildman–Crippen MR) is 346 cm³/mol. The van der Waals surface area contributed by atoms with Crippen LogP contribution in [0.1, 0.15) is 138 Å². The number of nitrogens with zero attached hydrogens (tertiary/aromatic N) is 8. The third kappa shape index (κ3) is 17.3. The molecule has 20 nitrogen and oxygen atoms in total. The molecule has 0 amide bonds. The summed E-state index contributed by atoms with van der Waals surface area (Å²) in [5.74, 6) is 1.89. The van der Waals surface area contributed by atoms with Crippen molar-refractivity contribution >= 4 is 74.2 Å². The van der Waals surface area contributed by atoms with E-state index in [0.29, 0.717) is 110 Å². The molecule has 2 aliphatic heterocycles. The van der Waals surface area contributed by atoms with Gasteiger partial charge in [-0.25, -0.2) is 49.4 Å². The number of unbranched alkanes of at least 4 members (excludes halogenated alkanes) is 3. The molecule has 24 heteroatoms. The summed E-state index contributed by atoms with van der Waals surface area (Å²) in [7, 11) is -12.4. The molecular formula is C65H85CuN11O9S3. The van der Waals surface area contributed by atoms with Crippen LogP contribution in [-0.4, -0.2) is 114 Å². The summed E-state index contributed by atoms with van der Waals surface area (Å²) in [6.45, 7) is 16.4. The molecule has 0 saturated heterocycles. The minimum Gasteiger partial charge on any atom is -0.381 e. The minimum atomic E-state index is -4.22. The normalized spacial score (nSPS) is 13.6. The number of nitrogens with one attached hydrogen (secondary N) is 3. The molecule has 3 aromatic heterocycles. The molecule has 8 bridgehead atoms. The molecule has 7 aromatic rings. The Balaban J connectivity index is 0.0000102. The zero-order valence-corrected chi connectivity index (χ0v) is 55.4. The number of benzene rings is 4. The van der Waals surface area contributed by atoms with Gasteiger partial charge in [0.1, 0.15) is 0 Å². The van der Waals surface area contributed by atoms with Crippen LogP contribution in [0.2, 0.25) is 0 Å². The maximum Gasteiger partial charge on any atom is 2.00 e. The topological polar surface area (TPSA) is 272 Å². The second kappa shape index (κ2) is 32.6. The second-order valence-corrected chi connectivity index (χ2v) is 28.1. The van der Waals surface area contributed by atoms with Crippen molar-refractivity contribution in [2.45, 2.75) is 153 Å². The summed E-state index contributed by atoms with van der Waals surface area (Å²) < 4.78 is 112. The van der Waals surface area contributed by atoms with Crippen molar-refractivity contribution in [3.05, 3.63) is 78.9 Å². The third-order valence-electron chi connectivity index (χ3n) is 16.4. The summed E-state index contributed by atoms with van der Waals surface area (Å²) >= 11 is 0. The fourth-order valence-corrected chi connectivity index (χ4v) is 14.5. The van der Waals surface area contributed by atoms with Gasteiger partial charge in [0.15, 0.2) is 0 Å². The Kier molecular flexibility index (Phi) is 25.4. The molecule has 3 N–H and O–H groups in total. The number of aromatic nitrogens is 8. The quantitative estimate of drug-likeness (QED) is 0.0243. The minimum absolute atomic E-state index is 0. The predicted octanol–water partition coefficient (Wildman–Crippen LogP) is 11.8. The van der Waals surface area contributed by atoms with E-state index < -0.39 is 30.1 Å². The van der Waals surface area contributed by atoms with Gasteiger partial charge in [-0.1, -0.05) is 148 Å². The largest absolute Gasteiger partial charge is 2.00 e. The molecule has 0 saturated carbocycles. The second-order valence-electron chi connectivity index (χ2n) is 22.9. The van der Waals surface area contributed by atoms with Gasteiger partial charge in [0.25, 0.3) is 0 Å². The van der Waals surface area contributed by atoms with E-state index in [9.17, 15) is 25.3 Å². The van der Waals surface area contributed by atoms with Crippen molar-refractivity contribution in [1.82, 2.24) is 54.0 Å². The van der Waals surface area contributed by atoms with E-state index in [1.54, 1.807) is 24.3 Å². The van der Waals surface area contributed by atoms with Crippen LogP contribution in [0.4, 0.5) is 0 Å². The Hall–Kier alpha value is -5.63. The summed E-state index contributed by atoms with van der Waals surface area (Å²) in [5.41, 5.74) is 2.16. The Morgan fingerprint density at radius 3 is 1.33 bits per heavy atom. The first-order valence-corrected chi connectivity index (χ1v) is 36.0. The van der Waals surface area contributed by atoms with Crippen LogP contribution >= 0.6 is 0 Å². The molecule has 1 radical (unpaired) electrons. The van der Waals surface area contributed by atoms with E-state index in [4.69, 9.17) is 54.1 Å². The molecule has 0 fully saturated rings. The molecule has 483 valence electrons. The zero-order chi connectivity index (χ0) is 62.3. The number of ether oxygens (including phenoxy) is 3. The number of hydrogen-bond donors (Lipinski definition) is 3. The van der Waals surface area contributed by atoms with Gasteiger partial charge in [-0.05, 0) is 103 Å². The zero-order valence-electron chi connectivity index (χ0n) is 52.0. The molecular weight excluding hydrogens is 1240 g/mol. The smallest absolute Gasteiger partial charge is 0.381 e. The Morgan fingerprint density at radius 1 is 0.416 bits per heavy atom. The number of hydrogen-bond acceptors (Lipinski definition) is 15. The van der Waals surface area contributed by atoms with Crippen LogP contribution in [0.5, 0.6) is 0 Å². The van der Waals surface area contributed by atoms with Crippen LogP contribution in [0, 0.1) is 17.8 Å². The molecule has 0 spiro atoms. The summed E-state index contributed by atoms with van der Waals surface area (Å²) in [6, 6.07) is 21.3. The van der Waals surface area contributed by atoms with Gasteiger partial charge < -0.3 is 44.1 Å². The first-order valence-electron chi connectivity index (χ1n) is 31.6. The maximum absolute atomic E-state index is 14.5. The Bertz CT molecular complexity index is 4050. The average Bonchev–Trinajstić information content (AvgIpc) is 1.67. The van der Waals surface area contributed by atoms with Crippen molar-refractivity contribution in [2.75, 3.05) is 59.3 Å². The van der Waals surface area contributed by atoms with Crippen LogP contribution in [0.15, 0.2) is 93.5 Å². The van der Waals surface area contributed by atoms with Gasteiger partial charge in [0.2, 0.25) is 30.1 Å². The van der Waals surface area contributed by atoms with E-state index in [1.807, 2.05) is 24.3 Å². The summed E-state index contributed by atoms with van der Waals surface area (Å²) in [5, 5.41) is 1.30. The first kappa shape index (κ1) is 69.3. The van der Waals surface area contributed by atoms with Crippen LogP contribution < -0.4 is 24.1 Å². The fraction of sp³-hybridized carbons (Fsp3) is 0.508. The van der Waals surface area contributed by atoms with E-state index in [1.165, 1.54) is 30.3 Å². The van der Waals surface area contributed by atoms with Gasteiger partial charge in [-0.2, -0.15) is 0 Å². The monoisotopic (exact) mass is 1320 g/mol. The first-order chi connectivity index (χ1) is 42.6. The van der Waals surface area contributed by atoms with Gasteiger partial charge in [0, 0.05) is 110 Å². The van der Waals surface area contributed by atoms with Crippen LogP contribution in [-0.2, 0) is 61.3 Å². The number of rotatable bonds is 36. The molecule has 0 aliphatic carbocycles. The molecule has 9 rings (SSSR count). The standard InChI is InChI=1S/C65H85N11O9S3.Cu/c1-7-13-22-44(10-4)41-83-36-19-33-66-86(77,78)47-29-31-51-54(39-47)63-71-59-50-26-17-16-25-49(50)58(69-59)70-62-53-27-18-28-56(88(81,82)68-35-21-38-85-43-46(12-6)24-15-9-3)57(53)65(76-62)75-61-52-32-30-48(40-55(52)64(74-61)73-60(51)72-63)87(79,80)67-34-20-37-84-42-45(11-5)23-14-8-2;/h16-18,25-32,39-40,44-46,66-68H,7-15,19-24,33-38,41-43H2,1-6H3;/q-2;+2. The Morgan fingerprint density at radius 2 is 0.831 bits per heavy atom. The number of fused-ring (bicyclic) bond motifs is 20. The molecule has 2 aliphatic rings. The molecule has 89 heavy (non-hydrogen) atoms. The van der Waals surface area contributed by atoms with E-state index in [0.717, 1.165) is 77.0 Å². The van der Waals surface area contributed by atoms with Crippen LogP contribution in [0.3, 0.4) is 0 Å². The molecule has 3 atom stereocenters. The van der Waals surface area contributed by atoms with Gasteiger partial charge in [-0.3, -0.25) is 0 Å². The van der Waals surface area contributed by atoms with E-state index in [-0.39, 0.29) is 108 Å². The summed E-state index contributed by atoms with van der Waals surface area (Å²) in [4.78, 5) is 39.7. The van der Waals surface area contributed by atoms with Gasteiger partial charge >= 0.3 is 17.1 Å². The average molecular weight is 1320 g/mol. The SMILES string of the molecule is CCCCC(CC)COCCCNS(=O)(=O)c1ccc2c(c1)-c1nc-2nc2[n-]c(nc3nc(nc4[n-]c(n1)c1ccc(S(=O)(=O)NCCCOCC(CC)CCCC)cc41)-c1ccccc1-3)c1cccc(S(=O)(=O)NCCCOCC(CC)CCCC)c21.[Cu+2]. The van der Waals surface area contributed by atoms with Gasteiger partial charge in [0.05, 0.1) is 38.0 Å².